The van der Waals surface area contributed by atoms with Gasteiger partial charge in [-0.25, -0.2) is 0 Å². The molecule has 518 valence electrons. The van der Waals surface area contributed by atoms with Gasteiger partial charge in [-0.05, 0) is 146 Å². The van der Waals surface area contributed by atoms with Gasteiger partial charge in [-0.1, -0.05) is 71.9 Å². The molecule has 0 unspecified atom stereocenters. The molecule has 28 atom stereocenters. The van der Waals surface area contributed by atoms with Crippen LogP contribution in [0.3, 0.4) is 0 Å². The van der Waals surface area contributed by atoms with E-state index < -0.39 is 156 Å². The molecule has 4 aliphatic rings. The van der Waals surface area contributed by atoms with E-state index in [1.165, 1.54) is 32.6 Å². The van der Waals surface area contributed by atoms with Crippen LogP contribution in [0, 0.1) is 35.5 Å². The molecule has 1 amide bonds. The molecule has 4 aliphatic heterocycles. The number of nitrogens with zero attached hydrogens (tertiary/aromatic N) is 3. The molecule has 23 heteroatoms. The van der Waals surface area contributed by atoms with Gasteiger partial charge in [0.05, 0.1) is 72.1 Å². The minimum atomic E-state index is -1.79. The Balaban J connectivity index is 0.000000475. The van der Waals surface area contributed by atoms with E-state index in [1.807, 2.05) is 81.9 Å². The number of likely N-dealkylation sites (N-methyl/N-ethyl adjacent to an activating group) is 4. The largest absolute Gasteiger partial charge is 0.459 e. The number of rotatable bonds is 10. The summed E-state index contributed by atoms with van der Waals surface area (Å²) in [5.74, 6) is -5.75. The minimum absolute atomic E-state index is 0. The zero-order valence-corrected chi connectivity index (χ0v) is 57.1. The molecule has 1 aromatic rings. The van der Waals surface area contributed by atoms with Crippen LogP contribution in [0.4, 0.5) is 0 Å². The number of ether oxygens (including phenoxy) is 6. The van der Waals surface area contributed by atoms with Gasteiger partial charge in [-0.15, -0.1) is 0 Å². The molecular formula is C66H120N4O19. The molecule has 23 nitrogen and oxygen atoms in total. The van der Waals surface area contributed by atoms with Crippen LogP contribution in [0.5, 0.6) is 0 Å². The summed E-state index contributed by atoms with van der Waals surface area (Å²) in [6.45, 7) is 28.1. The summed E-state index contributed by atoms with van der Waals surface area (Å²) < 4.78 is 36.3. The molecular weight excluding hydrogens is 1150 g/mol. The Morgan fingerprint density at radius 2 is 1.01 bits per heavy atom. The summed E-state index contributed by atoms with van der Waals surface area (Å²) in [4.78, 5) is 45.3. The first-order valence-corrected chi connectivity index (χ1v) is 32.5. The lowest BCUT2D eigenvalue weighted by Crippen LogP contribution is -2.60. The second-order valence-electron chi connectivity index (χ2n) is 28.3. The summed E-state index contributed by atoms with van der Waals surface area (Å²) in [6.07, 6.45) is -12.7. The highest BCUT2D eigenvalue weighted by molar-refractivity contribution is 5.79. The fourth-order valence-electron chi connectivity index (χ4n) is 14.2. The molecule has 1 aromatic carbocycles. The van der Waals surface area contributed by atoms with Gasteiger partial charge in [0.15, 0.2) is 12.6 Å². The summed E-state index contributed by atoms with van der Waals surface area (Å²) in [6, 6.07) is 7.37. The number of hydrogen-bond acceptors (Lipinski definition) is 22. The summed E-state index contributed by atoms with van der Waals surface area (Å²) in [7, 11) is 7.03. The van der Waals surface area contributed by atoms with Crippen LogP contribution in [0.1, 0.15) is 156 Å². The van der Waals surface area contributed by atoms with E-state index in [0.29, 0.717) is 25.9 Å². The van der Waals surface area contributed by atoms with Crippen molar-refractivity contribution >= 4 is 17.8 Å². The monoisotopic (exact) mass is 1270 g/mol. The number of esters is 2. The molecule has 4 fully saturated rings. The maximum atomic E-state index is 13.4. The number of amides is 1. The van der Waals surface area contributed by atoms with Crippen LogP contribution in [0.15, 0.2) is 30.3 Å². The van der Waals surface area contributed by atoms with E-state index in [1.54, 1.807) is 69.5 Å². The van der Waals surface area contributed by atoms with Crippen molar-refractivity contribution in [3.05, 3.63) is 35.9 Å². The number of aliphatic hydroxyl groups is 10. The van der Waals surface area contributed by atoms with Gasteiger partial charge in [-0.3, -0.25) is 14.4 Å². The van der Waals surface area contributed by atoms with Gasteiger partial charge < -0.3 is 99.5 Å². The number of benzene rings is 1. The van der Waals surface area contributed by atoms with Gasteiger partial charge in [0, 0.05) is 51.5 Å². The molecule has 11 N–H and O–H groups in total. The van der Waals surface area contributed by atoms with Crippen molar-refractivity contribution in [3.63, 3.8) is 0 Å². The topological polar surface area (TPSA) is 331 Å². The Morgan fingerprint density at radius 3 is 1.39 bits per heavy atom. The highest BCUT2D eigenvalue weighted by Gasteiger charge is 2.53. The smallest absolute Gasteiger partial charge is 0.311 e. The average Bonchev–Trinajstić information content (AvgIpc) is 1.58. The number of carbonyl (C=O) groups excluding carboxylic acids is 3. The Bertz CT molecular complexity index is 2340. The second kappa shape index (κ2) is 32.9. The van der Waals surface area contributed by atoms with E-state index in [2.05, 4.69) is 5.32 Å². The zero-order chi connectivity index (χ0) is 67.7. The van der Waals surface area contributed by atoms with E-state index >= 15 is 0 Å². The fraction of sp³-hybridized carbons (Fsp3) is 0.864. The molecule has 0 bridgehead atoms. The SMILES string of the molecule is CC[C@H]1OC(=O)[C@H](C)[C@@H](O)[C@H](C)[C@@H](O[C@@H]2O[C@H](C)C[C@H](N(C)C(=O)Cc3ccccc3)[C@H]2O)[C@](C)(O)C[C@@H](C)CN(C)[C@H](C)[C@@H](O)[C@]1(C)O.CC[C@H]1OC(=O)[C@H](C)[C@@H](O)[C@H](C)[C@@H](O[C@@H]2O[C@H](C)C[C@H](NC)[C@H]2O)[C@](C)(O)C[C@@H](C)CN(C)[C@H](C)[C@@H](O)[C@]1(C)O.[HH]. The second-order valence-corrected chi connectivity index (χ2v) is 28.3. The average molecular weight is 1270 g/mol. The Kier molecular flexibility index (Phi) is 29.0. The Morgan fingerprint density at radius 1 is 0.629 bits per heavy atom. The predicted molar refractivity (Wildman–Crippen MR) is 337 cm³/mol. The quantitative estimate of drug-likeness (QED) is 0.150. The number of carbonyl (C=O) groups is 3. The number of nitrogens with one attached hydrogen (secondary N) is 1. The van der Waals surface area contributed by atoms with E-state index in [9.17, 15) is 65.4 Å². The molecule has 4 heterocycles. The van der Waals surface area contributed by atoms with Crippen molar-refractivity contribution in [3.8, 4) is 0 Å². The third kappa shape index (κ3) is 19.5. The number of cyclic esters (lactones) is 2. The standard InChI is InChI=1S/C37H62N2O10.C29H56N2O9.H2/c1-11-28-37(8,46)32(43)25(6)38(9)20-21(2)19-36(7,45)33(23(4)30(41)24(5)34(44)48-28)49-35-31(42)27(17-22(3)47-35)39(10)29(40)18-26-15-13-12-14-16-26;1-11-21-29(8,37)24(34)19(6)31(10)14-15(2)13-28(7,36)25(17(4)22(32)18(5)26(35)39-21)40-27-23(33)20(30-9)12-16(3)38-27;/h12-16,21-25,27-28,30-33,35,41-43,45-46H,11,17-20H2,1-10H3;15-25,27,30,32-34,36-37H,11-14H2,1-10H3;1H/t21-,22-,23+,24-,25-,27+,28-,30+,31-,32-,33-,35+,36-,37-;15-,16-,17+,18-,19-,20+,21-,22+,23-,24-,25-,27+,28-,29-;/m11./s1. The molecule has 4 saturated heterocycles. The van der Waals surface area contributed by atoms with Gasteiger partial charge in [0.1, 0.15) is 47.8 Å². The van der Waals surface area contributed by atoms with Crippen LogP contribution in [0.2, 0.25) is 0 Å². The van der Waals surface area contributed by atoms with Crippen molar-refractivity contribution in [2.75, 3.05) is 41.3 Å². The van der Waals surface area contributed by atoms with Gasteiger partial charge >= 0.3 is 11.9 Å². The van der Waals surface area contributed by atoms with Crippen LogP contribution >= 0.6 is 0 Å². The maximum Gasteiger partial charge on any atom is 0.311 e. The normalized spacial score (nSPS) is 45.2. The fourth-order valence-corrected chi connectivity index (χ4v) is 14.2. The molecule has 89 heavy (non-hydrogen) atoms. The summed E-state index contributed by atoms with van der Waals surface area (Å²) >= 11 is 0. The first kappa shape index (κ1) is 78.4. The number of hydrogen-bond donors (Lipinski definition) is 11. The molecule has 5 rings (SSSR count). The van der Waals surface area contributed by atoms with Crippen molar-refractivity contribution in [2.24, 2.45) is 35.5 Å². The molecule has 0 radical (unpaired) electrons. The first-order valence-electron chi connectivity index (χ1n) is 32.5. The minimum Gasteiger partial charge on any atom is -0.459 e. The van der Waals surface area contributed by atoms with Gasteiger partial charge in [-0.2, -0.15) is 0 Å². The summed E-state index contributed by atoms with van der Waals surface area (Å²) in [5, 5.41) is 118. The van der Waals surface area contributed by atoms with Crippen molar-refractivity contribution < 1.29 is 95.3 Å². The molecule has 0 spiro atoms. The van der Waals surface area contributed by atoms with Crippen LogP contribution < -0.4 is 5.32 Å². The predicted octanol–water partition coefficient (Wildman–Crippen LogP) is 2.99. The molecule has 0 saturated carbocycles. The van der Waals surface area contributed by atoms with Gasteiger partial charge in [0.2, 0.25) is 5.91 Å². The third-order valence-corrected chi connectivity index (χ3v) is 20.1. The Hall–Kier alpha value is -3.05. The van der Waals surface area contributed by atoms with Crippen molar-refractivity contribution in [1.29, 1.82) is 0 Å². The maximum absolute atomic E-state index is 13.4. The third-order valence-electron chi connectivity index (χ3n) is 20.1. The molecule has 0 aliphatic carbocycles. The van der Waals surface area contributed by atoms with Crippen molar-refractivity contribution in [2.45, 2.75) is 288 Å². The lowest BCUT2D eigenvalue weighted by atomic mass is 9.78. The highest BCUT2D eigenvalue weighted by atomic mass is 16.7. The van der Waals surface area contributed by atoms with E-state index in [4.69, 9.17) is 28.4 Å². The van der Waals surface area contributed by atoms with Crippen LogP contribution in [0.25, 0.3) is 0 Å². The lowest BCUT2D eigenvalue weighted by molar-refractivity contribution is -0.299. The zero-order valence-electron chi connectivity index (χ0n) is 57.1. The summed E-state index contributed by atoms with van der Waals surface area (Å²) in [5.41, 5.74) is -5.78. The first-order chi connectivity index (χ1) is 41.1. The lowest BCUT2D eigenvalue weighted by Gasteiger charge is -2.47. The van der Waals surface area contributed by atoms with Crippen LogP contribution in [-0.2, 0) is 49.2 Å². The number of aliphatic hydroxyl groups excluding tert-OH is 6. The van der Waals surface area contributed by atoms with Crippen LogP contribution in [-0.4, -0.2) is 257 Å². The highest BCUT2D eigenvalue weighted by Crippen LogP contribution is 2.39. The Labute approximate surface area is 532 Å². The molecule has 0 aromatic heterocycles. The van der Waals surface area contributed by atoms with E-state index in [0.717, 1.165) is 5.56 Å². The van der Waals surface area contributed by atoms with Gasteiger partial charge in [0.25, 0.3) is 0 Å². The van der Waals surface area contributed by atoms with Crippen molar-refractivity contribution in [1.82, 2.24) is 20.0 Å². The van der Waals surface area contributed by atoms with E-state index in [-0.39, 0.29) is 63.4 Å².